The maximum Gasteiger partial charge on any atom is 0.264 e. The predicted molar refractivity (Wildman–Crippen MR) is 127 cm³/mol. The van der Waals surface area contributed by atoms with Crippen molar-refractivity contribution in [2.45, 2.75) is 43.5 Å². The van der Waals surface area contributed by atoms with Crippen LogP contribution in [-0.2, 0) is 22.9 Å². The maximum atomic E-state index is 13.1. The Hall–Kier alpha value is -3.12. The molecule has 0 bridgehead atoms. The summed E-state index contributed by atoms with van der Waals surface area (Å²) in [6.07, 6.45) is 3.22. The molecule has 32 heavy (non-hydrogen) atoms. The summed E-state index contributed by atoms with van der Waals surface area (Å²) in [7, 11) is -3.63. The van der Waals surface area contributed by atoms with Crippen molar-refractivity contribution >= 4 is 21.6 Å². The number of hydrogen-bond donors (Lipinski definition) is 1. The topological polar surface area (TPSA) is 66.5 Å². The number of hydrogen-bond acceptors (Lipinski definition) is 3. The van der Waals surface area contributed by atoms with Gasteiger partial charge in [0.25, 0.3) is 15.9 Å². The Labute approximate surface area is 190 Å². The summed E-state index contributed by atoms with van der Waals surface area (Å²) in [5, 5.41) is 3.07. The molecule has 0 aromatic heterocycles. The van der Waals surface area contributed by atoms with Crippen molar-refractivity contribution in [1.29, 1.82) is 0 Å². The summed E-state index contributed by atoms with van der Waals surface area (Å²) in [5.74, 6) is -0.128. The number of rotatable bonds is 7. The molecule has 1 atom stereocenters. The Balaban J connectivity index is 1.47. The van der Waals surface area contributed by atoms with Gasteiger partial charge < -0.3 is 5.32 Å². The van der Waals surface area contributed by atoms with E-state index in [1.807, 2.05) is 31.2 Å². The molecule has 0 spiro atoms. The fraction of sp³-hybridized carbons (Fsp3) is 0.269. The highest BCUT2D eigenvalue weighted by molar-refractivity contribution is 7.92. The quantitative estimate of drug-likeness (QED) is 0.575. The van der Waals surface area contributed by atoms with Crippen molar-refractivity contribution in [1.82, 2.24) is 5.32 Å². The zero-order valence-electron chi connectivity index (χ0n) is 18.2. The van der Waals surface area contributed by atoms with Crippen LogP contribution in [-0.4, -0.2) is 26.9 Å². The second-order valence-electron chi connectivity index (χ2n) is 8.24. The molecule has 1 heterocycles. The number of fused-ring (bicyclic) bond motifs is 1. The SMILES string of the molecule is C[C@H](CCc1ccccc1)NC(=O)c1ccc2c(c1)CCCN2S(=O)(=O)c1ccccc1. The molecular formula is C26H28N2O3S. The van der Waals surface area contributed by atoms with E-state index < -0.39 is 10.0 Å². The minimum atomic E-state index is -3.63. The largest absolute Gasteiger partial charge is 0.350 e. The van der Waals surface area contributed by atoms with Crippen LogP contribution in [0.1, 0.15) is 41.3 Å². The fourth-order valence-electron chi connectivity index (χ4n) is 4.08. The molecule has 1 aliphatic rings. The monoisotopic (exact) mass is 448 g/mol. The van der Waals surface area contributed by atoms with E-state index in [0.29, 0.717) is 17.8 Å². The second kappa shape index (κ2) is 9.57. The Kier molecular flexibility index (Phi) is 6.61. The number of carbonyl (C=O) groups is 1. The van der Waals surface area contributed by atoms with Crippen LogP contribution in [0.25, 0.3) is 0 Å². The van der Waals surface area contributed by atoms with Gasteiger partial charge in [0.2, 0.25) is 0 Å². The molecule has 1 amide bonds. The lowest BCUT2D eigenvalue weighted by molar-refractivity contribution is 0.0938. The van der Waals surface area contributed by atoms with Crippen molar-refractivity contribution in [3.8, 4) is 0 Å². The molecule has 0 unspecified atom stereocenters. The molecule has 166 valence electrons. The maximum absolute atomic E-state index is 13.1. The number of sulfonamides is 1. The first-order valence-corrected chi connectivity index (χ1v) is 12.4. The summed E-state index contributed by atoms with van der Waals surface area (Å²) in [4.78, 5) is 13.1. The Morgan fingerprint density at radius 3 is 2.41 bits per heavy atom. The highest BCUT2D eigenvalue weighted by Crippen LogP contribution is 2.32. The molecule has 6 heteroatoms. The Morgan fingerprint density at radius 2 is 1.69 bits per heavy atom. The standard InChI is InChI=1S/C26H28N2O3S/c1-20(14-15-21-9-4-2-5-10-21)27-26(29)23-16-17-25-22(19-23)11-8-18-28(25)32(30,31)24-12-6-3-7-13-24/h2-7,9-10,12-13,16-17,19-20H,8,11,14-15,18H2,1H3,(H,27,29)/t20-/m1/s1. The van der Waals surface area contributed by atoms with Gasteiger partial charge in [0.05, 0.1) is 10.6 Å². The first-order valence-electron chi connectivity index (χ1n) is 11.0. The van der Waals surface area contributed by atoms with Crippen molar-refractivity contribution in [3.05, 3.63) is 95.6 Å². The summed E-state index contributed by atoms with van der Waals surface area (Å²) >= 11 is 0. The van der Waals surface area contributed by atoms with E-state index in [9.17, 15) is 13.2 Å². The van der Waals surface area contributed by atoms with Crippen LogP contribution < -0.4 is 9.62 Å². The van der Waals surface area contributed by atoms with Gasteiger partial charge in [-0.1, -0.05) is 48.5 Å². The van der Waals surface area contributed by atoms with Gasteiger partial charge in [-0.05, 0) is 74.1 Å². The van der Waals surface area contributed by atoms with Gasteiger partial charge in [-0.3, -0.25) is 9.10 Å². The lowest BCUT2D eigenvalue weighted by Gasteiger charge is -2.30. The smallest absolute Gasteiger partial charge is 0.264 e. The zero-order valence-corrected chi connectivity index (χ0v) is 19.0. The summed E-state index contributed by atoms with van der Waals surface area (Å²) < 4.78 is 27.8. The van der Waals surface area contributed by atoms with Crippen molar-refractivity contribution in [3.63, 3.8) is 0 Å². The van der Waals surface area contributed by atoms with E-state index in [-0.39, 0.29) is 16.8 Å². The molecular weight excluding hydrogens is 420 g/mol. The third-order valence-electron chi connectivity index (χ3n) is 5.84. The van der Waals surface area contributed by atoms with Crippen molar-refractivity contribution in [2.75, 3.05) is 10.8 Å². The lowest BCUT2D eigenvalue weighted by Crippen LogP contribution is -2.36. The minimum Gasteiger partial charge on any atom is -0.350 e. The Morgan fingerprint density at radius 1 is 1.00 bits per heavy atom. The van der Waals surface area contributed by atoms with Gasteiger partial charge in [0.1, 0.15) is 0 Å². The molecule has 3 aromatic rings. The van der Waals surface area contributed by atoms with Crippen LogP contribution in [0, 0.1) is 0 Å². The average Bonchev–Trinajstić information content (AvgIpc) is 2.83. The molecule has 1 aliphatic heterocycles. The first kappa shape index (κ1) is 22.1. The van der Waals surface area contributed by atoms with Crippen LogP contribution in [0.5, 0.6) is 0 Å². The Bertz CT molecular complexity index is 1180. The molecule has 0 aliphatic carbocycles. The van der Waals surface area contributed by atoms with Gasteiger partial charge in [-0.15, -0.1) is 0 Å². The fourth-order valence-corrected chi connectivity index (χ4v) is 5.64. The van der Waals surface area contributed by atoms with Gasteiger partial charge in [0, 0.05) is 18.2 Å². The minimum absolute atomic E-state index is 0.0358. The summed E-state index contributed by atoms with van der Waals surface area (Å²) in [5.41, 5.74) is 3.37. The molecule has 0 radical (unpaired) electrons. The van der Waals surface area contributed by atoms with E-state index in [1.165, 1.54) is 9.87 Å². The number of anilines is 1. The van der Waals surface area contributed by atoms with E-state index >= 15 is 0 Å². The molecule has 4 rings (SSSR count). The summed E-state index contributed by atoms with van der Waals surface area (Å²) in [6.45, 7) is 2.44. The molecule has 1 N–H and O–H groups in total. The normalized spacial score (nSPS) is 14.5. The summed E-state index contributed by atoms with van der Waals surface area (Å²) in [6, 6.07) is 24.1. The van der Waals surface area contributed by atoms with Crippen LogP contribution in [0.4, 0.5) is 5.69 Å². The number of amides is 1. The van der Waals surface area contributed by atoms with Crippen molar-refractivity contribution in [2.24, 2.45) is 0 Å². The number of aryl methyl sites for hydroxylation is 2. The number of nitrogens with one attached hydrogen (secondary N) is 1. The van der Waals surface area contributed by atoms with E-state index in [1.54, 1.807) is 42.5 Å². The number of benzene rings is 3. The third-order valence-corrected chi connectivity index (χ3v) is 7.66. The van der Waals surface area contributed by atoms with Gasteiger partial charge in [0.15, 0.2) is 0 Å². The van der Waals surface area contributed by atoms with Crippen LogP contribution in [0.3, 0.4) is 0 Å². The number of carbonyl (C=O) groups excluding carboxylic acids is 1. The highest BCUT2D eigenvalue weighted by atomic mass is 32.2. The molecule has 0 saturated heterocycles. The molecule has 0 saturated carbocycles. The third kappa shape index (κ3) is 4.86. The van der Waals surface area contributed by atoms with Crippen LogP contribution >= 0.6 is 0 Å². The van der Waals surface area contributed by atoms with E-state index in [2.05, 4.69) is 17.4 Å². The van der Waals surface area contributed by atoms with Crippen LogP contribution in [0.15, 0.2) is 83.8 Å². The first-order chi connectivity index (χ1) is 15.4. The van der Waals surface area contributed by atoms with E-state index in [4.69, 9.17) is 0 Å². The van der Waals surface area contributed by atoms with Gasteiger partial charge >= 0.3 is 0 Å². The van der Waals surface area contributed by atoms with Gasteiger partial charge in [-0.25, -0.2) is 8.42 Å². The molecule has 3 aromatic carbocycles. The van der Waals surface area contributed by atoms with Crippen LogP contribution in [0.2, 0.25) is 0 Å². The molecule has 0 fully saturated rings. The predicted octanol–water partition coefficient (Wildman–Crippen LogP) is 4.58. The van der Waals surface area contributed by atoms with Gasteiger partial charge in [-0.2, -0.15) is 0 Å². The highest BCUT2D eigenvalue weighted by Gasteiger charge is 2.29. The molecule has 5 nitrogen and oxygen atoms in total. The second-order valence-corrected chi connectivity index (χ2v) is 10.1. The van der Waals surface area contributed by atoms with E-state index in [0.717, 1.165) is 31.2 Å². The zero-order chi connectivity index (χ0) is 22.6. The lowest BCUT2D eigenvalue weighted by atomic mass is 10.00. The number of nitrogens with zero attached hydrogens (tertiary/aromatic N) is 1. The average molecular weight is 449 g/mol. The van der Waals surface area contributed by atoms with Crippen molar-refractivity contribution < 1.29 is 13.2 Å².